The first kappa shape index (κ1) is 13.9. The maximum absolute atomic E-state index is 11.5. The first-order valence-electron chi connectivity index (χ1n) is 4.99. The van der Waals surface area contributed by atoms with Crippen LogP contribution in [-0.2, 0) is 9.59 Å². The molecule has 0 aromatic rings. The van der Waals surface area contributed by atoms with Crippen molar-refractivity contribution in [2.24, 2.45) is 5.73 Å². The van der Waals surface area contributed by atoms with Gasteiger partial charge in [-0.25, -0.2) is 0 Å². The summed E-state index contributed by atoms with van der Waals surface area (Å²) in [6.45, 7) is 1.29. The molecule has 0 heterocycles. The maximum atomic E-state index is 11.5. The molecular weight excluding hydrogens is 196 g/mol. The fraction of sp³-hybridized carbons (Fsp3) is 0.778. The second-order valence-electron chi connectivity index (χ2n) is 3.24. The number of rotatable bonds is 8. The third-order valence-electron chi connectivity index (χ3n) is 2.02. The Kier molecular flexibility index (Phi) is 7.57. The zero-order valence-electron chi connectivity index (χ0n) is 9.30. The zero-order chi connectivity index (χ0) is 11.7. The van der Waals surface area contributed by atoms with Crippen LogP contribution in [0.25, 0.3) is 0 Å². The smallest absolute Gasteiger partial charge is 0.237 e. The van der Waals surface area contributed by atoms with Crippen LogP contribution in [0.15, 0.2) is 0 Å². The molecule has 0 unspecified atom stereocenters. The number of likely N-dealkylation sites (N-methyl/N-ethyl adjacent to an activating group) is 2. The van der Waals surface area contributed by atoms with Crippen molar-refractivity contribution in [3.63, 3.8) is 0 Å². The van der Waals surface area contributed by atoms with Gasteiger partial charge < -0.3 is 21.7 Å². The summed E-state index contributed by atoms with van der Waals surface area (Å²) in [5.41, 5.74) is 5.01. The second kappa shape index (κ2) is 8.19. The molecule has 0 saturated carbocycles. The van der Waals surface area contributed by atoms with Crippen LogP contribution in [0.4, 0.5) is 0 Å². The van der Waals surface area contributed by atoms with Crippen molar-refractivity contribution < 1.29 is 9.59 Å². The largest absolute Gasteiger partial charge is 0.370 e. The van der Waals surface area contributed by atoms with E-state index >= 15 is 0 Å². The van der Waals surface area contributed by atoms with E-state index in [1.54, 1.807) is 7.05 Å². The number of amides is 2. The second-order valence-corrected chi connectivity index (χ2v) is 3.24. The topological polar surface area (TPSA) is 96.2 Å². The van der Waals surface area contributed by atoms with Crippen molar-refractivity contribution in [2.45, 2.75) is 18.9 Å². The normalized spacial score (nSPS) is 12.1. The van der Waals surface area contributed by atoms with Crippen molar-refractivity contribution in [2.75, 3.05) is 27.2 Å². The molecule has 0 aliphatic carbocycles. The molecule has 0 aromatic carbocycles. The van der Waals surface area contributed by atoms with Gasteiger partial charge in [-0.05, 0) is 20.5 Å². The van der Waals surface area contributed by atoms with Gasteiger partial charge in [0.05, 0.1) is 6.04 Å². The molecule has 0 aliphatic heterocycles. The molecule has 0 fully saturated rings. The average molecular weight is 216 g/mol. The Morgan fingerprint density at radius 2 is 1.93 bits per heavy atom. The zero-order valence-corrected chi connectivity index (χ0v) is 9.30. The highest BCUT2D eigenvalue weighted by Crippen LogP contribution is 1.96. The Balaban J connectivity index is 3.82. The summed E-state index contributed by atoms with van der Waals surface area (Å²) < 4.78 is 0. The lowest BCUT2D eigenvalue weighted by molar-refractivity contribution is -0.123. The molecule has 0 saturated heterocycles. The van der Waals surface area contributed by atoms with Crippen LogP contribution in [-0.4, -0.2) is 45.0 Å². The minimum Gasteiger partial charge on any atom is -0.370 e. The molecule has 0 aromatic heterocycles. The van der Waals surface area contributed by atoms with Crippen molar-refractivity contribution in [1.82, 2.24) is 16.0 Å². The lowest BCUT2D eigenvalue weighted by atomic mass is 10.1. The summed E-state index contributed by atoms with van der Waals surface area (Å²) >= 11 is 0. The number of hydrogen-bond donors (Lipinski definition) is 4. The number of nitrogens with two attached hydrogens (primary N) is 1. The van der Waals surface area contributed by atoms with Crippen molar-refractivity contribution in [3.05, 3.63) is 0 Å². The van der Waals surface area contributed by atoms with E-state index in [4.69, 9.17) is 5.73 Å². The molecule has 0 spiro atoms. The van der Waals surface area contributed by atoms with Crippen molar-refractivity contribution in [3.8, 4) is 0 Å². The van der Waals surface area contributed by atoms with E-state index < -0.39 is 5.91 Å². The Labute approximate surface area is 90.0 Å². The molecule has 6 nitrogen and oxygen atoms in total. The van der Waals surface area contributed by atoms with Gasteiger partial charge in [-0.1, -0.05) is 0 Å². The maximum Gasteiger partial charge on any atom is 0.237 e. The Morgan fingerprint density at radius 1 is 1.27 bits per heavy atom. The molecule has 2 amide bonds. The monoisotopic (exact) mass is 216 g/mol. The molecule has 0 radical (unpaired) electrons. The standard InChI is InChI=1S/C9H20N4O2/c1-11-5-6-13-9(15)7(12-2)3-4-8(10)14/h7,11-12H,3-6H2,1-2H3,(H2,10,14)(H,13,15)/t7-/m1/s1. The van der Waals surface area contributed by atoms with Crippen LogP contribution in [0.5, 0.6) is 0 Å². The molecule has 88 valence electrons. The van der Waals surface area contributed by atoms with Crippen molar-refractivity contribution in [1.29, 1.82) is 0 Å². The van der Waals surface area contributed by atoms with E-state index in [0.717, 1.165) is 6.54 Å². The van der Waals surface area contributed by atoms with Gasteiger partial charge in [0, 0.05) is 19.5 Å². The minimum absolute atomic E-state index is 0.103. The molecule has 5 N–H and O–H groups in total. The van der Waals surface area contributed by atoms with Crippen LogP contribution in [0.2, 0.25) is 0 Å². The fourth-order valence-electron chi connectivity index (χ4n) is 1.13. The number of nitrogens with one attached hydrogen (secondary N) is 3. The van der Waals surface area contributed by atoms with Crippen LogP contribution in [0.1, 0.15) is 12.8 Å². The quantitative estimate of drug-likeness (QED) is 0.359. The predicted molar refractivity (Wildman–Crippen MR) is 58.2 cm³/mol. The Hall–Kier alpha value is -1.14. The number of carbonyl (C=O) groups excluding carboxylic acids is 2. The van der Waals surface area contributed by atoms with E-state index in [1.807, 2.05) is 7.05 Å². The Morgan fingerprint density at radius 3 is 2.40 bits per heavy atom. The molecule has 0 aliphatic rings. The van der Waals surface area contributed by atoms with Crippen molar-refractivity contribution >= 4 is 11.8 Å². The van der Waals surface area contributed by atoms with Crippen LogP contribution in [0, 0.1) is 0 Å². The van der Waals surface area contributed by atoms with Gasteiger partial charge >= 0.3 is 0 Å². The van der Waals surface area contributed by atoms with Crippen LogP contribution in [0.3, 0.4) is 0 Å². The van der Waals surface area contributed by atoms with Gasteiger partial charge in [0.15, 0.2) is 0 Å². The molecule has 0 bridgehead atoms. The van der Waals surface area contributed by atoms with E-state index in [0.29, 0.717) is 13.0 Å². The first-order valence-corrected chi connectivity index (χ1v) is 4.99. The molecule has 1 atom stereocenters. The summed E-state index contributed by atoms with van der Waals surface area (Å²) in [5, 5.41) is 8.51. The van der Waals surface area contributed by atoms with Gasteiger partial charge in [0.1, 0.15) is 0 Å². The lowest BCUT2D eigenvalue weighted by Gasteiger charge is -2.14. The summed E-state index contributed by atoms with van der Waals surface area (Å²) in [7, 11) is 3.50. The highest BCUT2D eigenvalue weighted by molar-refractivity contribution is 5.82. The molecule has 15 heavy (non-hydrogen) atoms. The molecule has 0 rings (SSSR count). The van der Waals surface area contributed by atoms with Gasteiger partial charge in [-0.3, -0.25) is 9.59 Å². The summed E-state index contributed by atoms with van der Waals surface area (Å²) in [6.07, 6.45) is 0.641. The van der Waals surface area contributed by atoms with Gasteiger partial charge in [0.25, 0.3) is 0 Å². The fourth-order valence-corrected chi connectivity index (χ4v) is 1.13. The van der Waals surface area contributed by atoms with E-state index in [9.17, 15) is 9.59 Å². The minimum atomic E-state index is -0.390. The highest BCUT2D eigenvalue weighted by Gasteiger charge is 2.15. The first-order chi connectivity index (χ1) is 7.11. The van der Waals surface area contributed by atoms with E-state index in [2.05, 4.69) is 16.0 Å². The number of carbonyl (C=O) groups is 2. The van der Waals surface area contributed by atoms with Gasteiger partial charge in [-0.15, -0.1) is 0 Å². The SMILES string of the molecule is CNCCNC(=O)[C@@H](CCC(N)=O)NC. The van der Waals surface area contributed by atoms with E-state index in [-0.39, 0.29) is 18.4 Å². The summed E-state index contributed by atoms with van der Waals surface area (Å²) in [4.78, 5) is 22.1. The number of primary amides is 1. The van der Waals surface area contributed by atoms with Crippen LogP contribution >= 0.6 is 0 Å². The Bertz CT molecular complexity index is 208. The highest BCUT2D eigenvalue weighted by atomic mass is 16.2. The number of hydrogen-bond acceptors (Lipinski definition) is 4. The van der Waals surface area contributed by atoms with Crippen LogP contribution < -0.4 is 21.7 Å². The van der Waals surface area contributed by atoms with Gasteiger partial charge in [-0.2, -0.15) is 0 Å². The third-order valence-corrected chi connectivity index (χ3v) is 2.02. The summed E-state index contributed by atoms with van der Waals surface area (Å²) in [6, 6.07) is -0.352. The molecule has 6 heteroatoms. The third kappa shape index (κ3) is 6.87. The van der Waals surface area contributed by atoms with Gasteiger partial charge in [0.2, 0.25) is 11.8 Å². The predicted octanol–water partition coefficient (Wildman–Crippen LogP) is -1.82. The lowest BCUT2D eigenvalue weighted by Crippen LogP contribution is -2.44. The summed E-state index contributed by atoms with van der Waals surface area (Å²) in [5.74, 6) is -0.493. The van der Waals surface area contributed by atoms with E-state index in [1.165, 1.54) is 0 Å². The average Bonchev–Trinajstić information content (AvgIpc) is 2.18. The molecular formula is C9H20N4O2.